The molecule has 0 radical (unpaired) electrons. The summed E-state index contributed by atoms with van der Waals surface area (Å²) in [5.41, 5.74) is 5.39. The summed E-state index contributed by atoms with van der Waals surface area (Å²) in [5.74, 6) is 0. The summed E-state index contributed by atoms with van der Waals surface area (Å²) in [5, 5.41) is 3.27. The lowest BCUT2D eigenvalue weighted by Crippen LogP contribution is -2.23. The van der Waals surface area contributed by atoms with Gasteiger partial charge in [0, 0.05) is 6.04 Å². The number of nitrogens with one attached hydrogen (secondary N) is 1. The Hall–Kier alpha value is -1.60. The van der Waals surface area contributed by atoms with Crippen LogP contribution in [-0.2, 0) is 12.8 Å². The summed E-state index contributed by atoms with van der Waals surface area (Å²) >= 11 is 0. The van der Waals surface area contributed by atoms with Crippen molar-refractivity contribution in [2.75, 3.05) is 7.05 Å². The van der Waals surface area contributed by atoms with Crippen molar-refractivity contribution in [1.82, 2.24) is 5.32 Å². The minimum Gasteiger partial charge on any atom is -0.317 e. The van der Waals surface area contributed by atoms with Crippen LogP contribution >= 0.6 is 0 Å². The number of aryl methyl sites for hydroxylation is 1. The summed E-state index contributed by atoms with van der Waals surface area (Å²) in [6.45, 7) is 4.40. The van der Waals surface area contributed by atoms with Crippen LogP contribution in [0.25, 0.3) is 11.1 Å². The topological polar surface area (TPSA) is 12.0 Å². The van der Waals surface area contributed by atoms with Crippen molar-refractivity contribution >= 4 is 0 Å². The van der Waals surface area contributed by atoms with Crippen molar-refractivity contribution in [3.05, 3.63) is 59.7 Å². The van der Waals surface area contributed by atoms with Crippen LogP contribution in [0.5, 0.6) is 0 Å². The van der Waals surface area contributed by atoms with Crippen molar-refractivity contribution in [3.8, 4) is 11.1 Å². The van der Waals surface area contributed by atoms with Gasteiger partial charge in [-0.15, -0.1) is 0 Å². The van der Waals surface area contributed by atoms with Crippen molar-refractivity contribution in [1.29, 1.82) is 0 Å². The Morgan fingerprint density at radius 1 is 0.947 bits per heavy atom. The van der Waals surface area contributed by atoms with E-state index in [0.717, 1.165) is 12.8 Å². The fraction of sp³-hybridized carbons (Fsp3) is 0.333. The van der Waals surface area contributed by atoms with Crippen molar-refractivity contribution in [2.45, 2.75) is 32.7 Å². The third kappa shape index (κ3) is 3.68. The van der Waals surface area contributed by atoms with Gasteiger partial charge in [-0.3, -0.25) is 0 Å². The fourth-order valence-corrected chi connectivity index (χ4v) is 2.26. The fourth-order valence-electron chi connectivity index (χ4n) is 2.26. The standard InChI is InChI=1S/C18H23N/c1-4-15-6-5-7-18(13-15)17-10-8-16(9-11-17)12-14(2)19-3/h5-11,13-14,19H,4,12H2,1-3H3. The Labute approximate surface area is 116 Å². The lowest BCUT2D eigenvalue weighted by atomic mass is 9.99. The van der Waals surface area contributed by atoms with Crippen LogP contribution in [0.15, 0.2) is 48.5 Å². The molecule has 0 aromatic heterocycles. The molecule has 0 bridgehead atoms. The first kappa shape index (κ1) is 13.8. The second-order valence-corrected chi connectivity index (χ2v) is 5.14. The molecule has 0 saturated carbocycles. The average Bonchev–Trinajstić information content (AvgIpc) is 2.48. The second-order valence-electron chi connectivity index (χ2n) is 5.14. The molecule has 19 heavy (non-hydrogen) atoms. The molecule has 0 aliphatic carbocycles. The normalized spacial score (nSPS) is 12.4. The maximum atomic E-state index is 3.27. The number of rotatable bonds is 5. The number of likely N-dealkylation sites (N-methyl/N-ethyl adjacent to an activating group) is 1. The third-order valence-electron chi connectivity index (χ3n) is 3.66. The molecule has 0 heterocycles. The zero-order chi connectivity index (χ0) is 13.7. The van der Waals surface area contributed by atoms with Crippen LogP contribution in [0, 0.1) is 0 Å². The smallest absolute Gasteiger partial charge is 0.00761 e. The van der Waals surface area contributed by atoms with Crippen LogP contribution in [0.3, 0.4) is 0 Å². The minimum atomic E-state index is 0.522. The van der Waals surface area contributed by atoms with Gasteiger partial charge in [0.25, 0.3) is 0 Å². The molecule has 0 spiro atoms. The molecule has 0 aliphatic heterocycles. The van der Waals surface area contributed by atoms with E-state index < -0.39 is 0 Å². The molecule has 0 aliphatic rings. The molecule has 1 heteroatoms. The Balaban J connectivity index is 2.17. The lowest BCUT2D eigenvalue weighted by Gasteiger charge is -2.10. The van der Waals surface area contributed by atoms with Gasteiger partial charge in [0.05, 0.1) is 0 Å². The minimum absolute atomic E-state index is 0.522. The SMILES string of the molecule is CCc1cccc(-c2ccc(CC(C)NC)cc2)c1. The van der Waals surface area contributed by atoms with E-state index in [1.807, 2.05) is 7.05 Å². The Bertz CT molecular complexity index is 513. The van der Waals surface area contributed by atoms with Gasteiger partial charge in [0.1, 0.15) is 0 Å². The van der Waals surface area contributed by atoms with E-state index >= 15 is 0 Å². The monoisotopic (exact) mass is 253 g/mol. The van der Waals surface area contributed by atoms with Crippen LogP contribution < -0.4 is 5.32 Å². The average molecular weight is 253 g/mol. The number of hydrogen-bond donors (Lipinski definition) is 1. The van der Waals surface area contributed by atoms with E-state index in [1.165, 1.54) is 22.3 Å². The van der Waals surface area contributed by atoms with Crippen molar-refractivity contribution in [2.24, 2.45) is 0 Å². The lowest BCUT2D eigenvalue weighted by molar-refractivity contribution is 0.608. The third-order valence-corrected chi connectivity index (χ3v) is 3.66. The predicted molar refractivity (Wildman–Crippen MR) is 83.5 cm³/mol. The summed E-state index contributed by atoms with van der Waals surface area (Å²) in [6, 6.07) is 18.3. The Morgan fingerprint density at radius 2 is 1.68 bits per heavy atom. The van der Waals surface area contributed by atoms with Gasteiger partial charge >= 0.3 is 0 Å². The molecule has 2 rings (SSSR count). The van der Waals surface area contributed by atoms with Gasteiger partial charge in [0.15, 0.2) is 0 Å². The highest BCUT2D eigenvalue weighted by Crippen LogP contribution is 2.21. The van der Waals surface area contributed by atoms with Crippen molar-refractivity contribution in [3.63, 3.8) is 0 Å². The van der Waals surface area contributed by atoms with Gasteiger partial charge in [0.2, 0.25) is 0 Å². The first-order valence-electron chi connectivity index (χ1n) is 7.08. The molecule has 0 fully saturated rings. The number of benzene rings is 2. The van der Waals surface area contributed by atoms with Crippen LogP contribution in [-0.4, -0.2) is 13.1 Å². The Morgan fingerprint density at radius 3 is 2.32 bits per heavy atom. The maximum absolute atomic E-state index is 3.27. The van der Waals surface area contributed by atoms with Gasteiger partial charge in [-0.25, -0.2) is 0 Å². The first-order valence-corrected chi connectivity index (χ1v) is 7.08. The van der Waals surface area contributed by atoms with E-state index in [2.05, 4.69) is 67.7 Å². The summed E-state index contributed by atoms with van der Waals surface area (Å²) in [7, 11) is 2.01. The molecular weight excluding hydrogens is 230 g/mol. The highest BCUT2D eigenvalue weighted by molar-refractivity contribution is 5.64. The van der Waals surface area contributed by atoms with Crippen LogP contribution in [0.2, 0.25) is 0 Å². The zero-order valence-corrected chi connectivity index (χ0v) is 12.1. The molecule has 1 nitrogen and oxygen atoms in total. The molecule has 1 N–H and O–H groups in total. The highest BCUT2D eigenvalue weighted by Gasteiger charge is 2.02. The van der Waals surface area contributed by atoms with Gasteiger partial charge in [-0.1, -0.05) is 55.5 Å². The van der Waals surface area contributed by atoms with Crippen molar-refractivity contribution < 1.29 is 0 Å². The summed E-state index contributed by atoms with van der Waals surface area (Å²) in [6.07, 6.45) is 2.16. The molecule has 2 aromatic rings. The second kappa shape index (κ2) is 6.53. The van der Waals surface area contributed by atoms with E-state index in [0.29, 0.717) is 6.04 Å². The van der Waals surface area contributed by atoms with Gasteiger partial charge in [-0.05, 0) is 49.1 Å². The molecular formula is C18H23N. The van der Waals surface area contributed by atoms with Crippen LogP contribution in [0.1, 0.15) is 25.0 Å². The molecule has 0 saturated heterocycles. The molecule has 1 unspecified atom stereocenters. The van der Waals surface area contributed by atoms with E-state index in [4.69, 9.17) is 0 Å². The summed E-state index contributed by atoms with van der Waals surface area (Å²) in [4.78, 5) is 0. The zero-order valence-electron chi connectivity index (χ0n) is 12.1. The molecule has 0 amide bonds. The molecule has 100 valence electrons. The van der Waals surface area contributed by atoms with Gasteiger partial charge in [-0.2, -0.15) is 0 Å². The van der Waals surface area contributed by atoms with E-state index in [9.17, 15) is 0 Å². The number of hydrogen-bond acceptors (Lipinski definition) is 1. The highest BCUT2D eigenvalue weighted by atomic mass is 14.8. The molecule has 1 atom stereocenters. The quantitative estimate of drug-likeness (QED) is 0.847. The van der Waals surface area contributed by atoms with Gasteiger partial charge < -0.3 is 5.32 Å². The van der Waals surface area contributed by atoms with E-state index in [1.54, 1.807) is 0 Å². The summed E-state index contributed by atoms with van der Waals surface area (Å²) < 4.78 is 0. The largest absolute Gasteiger partial charge is 0.317 e. The molecule has 2 aromatic carbocycles. The van der Waals surface area contributed by atoms with Crippen LogP contribution in [0.4, 0.5) is 0 Å². The first-order chi connectivity index (χ1) is 9.22. The Kier molecular flexibility index (Phi) is 4.75. The predicted octanol–water partition coefficient (Wildman–Crippen LogP) is 4.07. The maximum Gasteiger partial charge on any atom is 0.00761 e. The van der Waals surface area contributed by atoms with E-state index in [-0.39, 0.29) is 0 Å².